The fourth-order valence-electron chi connectivity index (χ4n) is 1.08. The summed E-state index contributed by atoms with van der Waals surface area (Å²) < 4.78 is 1.75. The lowest BCUT2D eigenvalue weighted by molar-refractivity contribution is 0.376. The molecule has 0 radical (unpaired) electrons. The molecule has 0 unspecified atom stereocenters. The first-order valence-corrected chi connectivity index (χ1v) is 4.34. The Morgan fingerprint density at radius 3 is 2.85 bits per heavy atom. The molecule has 0 saturated heterocycles. The van der Waals surface area contributed by atoms with Crippen LogP contribution in [0.15, 0.2) is 0 Å². The van der Waals surface area contributed by atoms with Crippen molar-refractivity contribution < 1.29 is 0 Å². The van der Waals surface area contributed by atoms with Gasteiger partial charge in [0.25, 0.3) is 0 Å². The first-order chi connectivity index (χ1) is 6.24. The van der Waals surface area contributed by atoms with Gasteiger partial charge in [-0.25, -0.2) is 4.68 Å². The SMILES string of the molecule is CN(C)CCCn1nnnc1CN. The number of rotatable bonds is 5. The van der Waals surface area contributed by atoms with E-state index in [2.05, 4.69) is 20.4 Å². The molecule has 0 aliphatic rings. The third-order valence-electron chi connectivity index (χ3n) is 1.76. The number of tetrazole rings is 1. The highest BCUT2D eigenvalue weighted by atomic mass is 15.5. The topological polar surface area (TPSA) is 72.9 Å². The minimum Gasteiger partial charge on any atom is -0.324 e. The van der Waals surface area contributed by atoms with Crippen LogP contribution in [0.1, 0.15) is 12.2 Å². The average molecular weight is 184 g/mol. The number of aromatic nitrogens is 4. The molecule has 2 N–H and O–H groups in total. The van der Waals surface area contributed by atoms with Crippen LogP contribution in [0.3, 0.4) is 0 Å². The van der Waals surface area contributed by atoms with E-state index in [0.29, 0.717) is 6.54 Å². The van der Waals surface area contributed by atoms with Crippen LogP contribution in [0.25, 0.3) is 0 Å². The molecule has 1 rings (SSSR count). The van der Waals surface area contributed by atoms with Gasteiger partial charge in [-0.2, -0.15) is 0 Å². The zero-order valence-electron chi connectivity index (χ0n) is 8.14. The molecule has 1 heterocycles. The Morgan fingerprint density at radius 2 is 2.23 bits per heavy atom. The molecule has 74 valence electrons. The fourth-order valence-corrected chi connectivity index (χ4v) is 1.08. The second-order valence-corrected chi connectivity index (χ2v) is 3.18. The molecule has 0 atom stereocenters. The van der Waals surface area contributed by atoms with Crippen molar-refractivity contribution in [2.45, 2.75) is 19.5 Å². The van der Waals surface area contributed by atoms with E-state index >= 15 is 0 Å². The first kappa shape index (κ1) is 10.1. The number of hydrogen-bond donors (Lipinski definition) is 1. The maximum Gasteiger partial charge on any atom is 0.164 e. The Hall–Kier alpha value is -1.01. The summed E-state index contributed by atoms with van der Waals surface area (Å²) >= 11 is 0. The highest BCUT2D eigenvalue weighted by Gasteiger charge is 2.02. The van der Waals surface area contributed by atoms with Crippen molar-refractivity contribution in [3.63, 3.8) is 0 Å². The van der Waals surface area contributed by atoms with Crippen molar-refractivity contribution in [1.29, 1.82) is 0 Å². The van der Waals surface area contributed by atoms with Gasteiger partial charge in [0.05, 0.1) is 6.54 Å². The lowest BCUT2D eigenvalue weighted by Crippen LogP contribution is -2.17. The lowest BCUT2D eigenvalue weighted by atomic mass is 10.4. The van der Waals surface area contributed by atoms with Crippen molar-refractivity contribution in [2.24, 2.45) is 5.73 Å². The molecule has 1 aromatic rings. The molecule has 0 aromatic carbocycles. The summed E-state index contributed by atoms with van der Waals surface area (Å²) in [5.74, 6) is 0.749. The molecule has 0 aliphatic carbocycles. The second-order valence-electron chi connectivity index (χ2n) is 3.18. The minimum absolute atomic E-state index is 0.398. The normalized spacial score (nSPS) is 11.1. The predicted molar refractivity (Wildman–Crippen MR) is 48.9 cm³/mol. The highest BCUT2D eigenvalue weighted by molar-refractivity contribution is 4.77. The number of nitrogens with two attached hydrogens (primary N) is 1. The molecule has 0 fully saturated rings. The Balaban J connectivity index is 2.36. The van der Waals surface area contributed by atoms with Crippen molar-refractivity contribution in [2.75, 3.05) is 20.6 Å². The summed E-state index contributed by atoms with van der Waals surface area (Å²) in [5, 5.41) is 11.2. The van der Waals surface area contributed by atoms with Crippen molar-refractivity contribution in [3.8, 4) is 0 Å². The molecule has 0 aliphatic heterocycles. The van der Waals surface area contributed by atoms with Crippen LogP contribution in [-0.2, 0) is 13.1 Å². The smallest absolute Gasteiger partial charge is 0.164 e. The summed E-state index contributed by atoms with van der Waals surface area (Å²) in [6, 6.07) is 0. The molecule has 0 amide bonds. The predicted octanol–water partition coefficient (Wildman–Crippen LogP) is -0.916. The quantitative estimate of drug-likeness (QED) is 0.641. The Bertz CT molecular complexity index is 243. The summed E-state index contributed by atoms with van der Waals surface area (Å²) in [4.78, 5) is 2.13. The maximum absolute atomic E-state index is 5.45. The van der Waals surface area contributed by atoms with Gasteiger partial charge in [-0.1, -0.05) is 0 Å². The summed E-state index contributed by atoms with van der Waals surface area (Å²) in [6.45, 7) is 2.26. The van der Waals surface area contributed by atoms with Crippen LogP contribution in [-0.4, -0.2) is 45.7 Å². The number of aryl methyl sites for hydroxylation is 1. The van der Waals surface area contributed by atoms with Crippen molar-refractivity contribution in [1.82, 2.24) is 25.1 Å². The standard InChI is InChI=1S/C7H16N6/c1-12(2)4-3-5-13-7(6-8)9-10-11-13/h3-6,8H2,1-2H3. The van der Waals surface area contributed by atoms with Crippen LogP contribution >= 0.6 is 0 Å². The van der Waals surface area contributed by atoms with Crippen LogP contribution in [0.5, 0.6) is 0 Å². The van der Waals surface area contributed by atoms with Gasteiger partial charge in [-0.05, 0) is 37.5 Å². The van der Waals surface area contributed by atoms with E-state index < -0.39 is 0 Å². The molecule has 0 bridgehead atoms. The largest absolute Gasteiger partial charge is 0.324 e. The summed E-state index contributed by atoms with van der Waals surface area (Å²) in [7, 11) is 4.09. The van der Waals surface area contributed by atoms with Crippen LogP contribution in [0.4, 0.5) is 0 Å². The van der Waals surface area contributed by atoms with Gasteiger partial charge in [0, 0.05) is 6.54 Å². The van der Waals surface area contributed by atoms with Crippen LogP contribution < -0.4 is 5.73 Å². The van der Waals surface area contributed by atoms with Gasteiger partial charge < -0.3 is 10.6 Å². The summed E-state index contributed by atoms with van der Waals surface area (Å²) in [6.07, 6.45) is 1.03. The van der Waals surface area contributed by atoms with Crippen molar-refractivity contribution >= 4 is 0 Å². The fraction of sp³-hybridized carbons (Fsp3) is 0.857. The molecule has 0 spiro atoms. The van der Waals surface area contributed by atoms with E-state index in [1.54, 1.807) is 4.68 Å². The van der Waals surface area contributed by atoms with Gasteiger partial charge in [0.2, 0.25) is 0 Å². The molecular formula is C7H16N6. The van der Waals surface area contributed by atoms with E-state index in [9.17, 15) is 0 Å². The summed E-state index contributed by atoms with van der Waals surface area (Å²) in [5.41, 5.74) is 5.45. The first-order valence-electron chi connectivity index (χ1n) is 4.34. The molecule has 0 saturated carbocycles. The molecule has 1 aromatic heterocycles. The Morgan fingerprint density at radius 1 is 1.46 bits per heavy atom. The number of nitrogens with zero attached hydrogens (tertiary/aromatic N) is 5. The highest BCUT2D eigenvalue weighted by Crippen LogP contribution is 1.93. The van der Waals surface area contributed by atoms with Crippen LogP contribution in [0.2, 0.25) is 0 Å². The van der Waals surface area contributed by atoms with E-state index in [1.165, 1.54) is 0 Å². The minimum atomic E-state index is 0.398. The third-order valence-corrected chi connectivity index (χ3v) is 1.76. The van der Waals surface area contributed by atoms with Crippen molar-refractivity contribution in [3.05, 3.63) is 5.82 Å². The number of hydrogen-bond acceptors (Lipinski definition) is 5. The average Bonchev–Trinajstić information content (AvgIpc) is 2.51. The Labute approximate surface area is 77.7 Å². The van der Waals surface area contributed by atoms with Gasteiger partial charge in [0.15, 0.2) is 5.82 Å². The lowest BCUT2D eigenvalue weighted by Gasteiger charge is -2.08. The van der Waals surface area contributed by atoms with E-state index in [4.69, 9.17) is 5.73 Å². The van der Waals surface area contributed by atoms with E-state index in [-0.39, 0.29) is 0 Å². The van der Waals surface area contributed by atoms with Gasteiger partial charge in [-0.15, -0.1) is 5.10 Å². The Kier molecular flexibility index (Phi) is 3.78. The van der Waals surface area contributed by atoms with Gasteiger partial charge in [0.1, 0.15) is 0 Å². The monoisotopic (exact) mass is 184 g/mol. The second kappa shape index (κ2) is 4.88. The molecular weight excluding hydrogens is 168 g/mol. The van der Waals surface area contributed by atoms with Crippen LogP contribution in [0, 0.1) is 0 Å². The van der Waals surface area contributed by atoms with Gasteiger partial charge >= 0.3 is 0 Å². The molecule has 6 nitrogen and oxygen atoms in total. The molecule has 13 heavy (non-hydrogen) atoms. The van der Waals surface area contributed by atoms with E-state index in [1.807, 2.05) is 14.1 Å². The maximum atomic E-state index is 5.45. The zero-order valence-corrected chi connectivity index (χ0v) is 8.14. The zero-order chi connectivity index (χ0) is 9.68. The third kappa shape index (κ3) is 3.08. The van der Waals surface area contributed by atoms with E-state index in [0.717, 1.165) is 25.3 Å². The van der Waals surface area contributed by atoms with Gasteiger partial charge in [-0.3, -0.25) is 0 Å². The molecule has 6 heteroatoms.